The van der Waals surface area contributed by atoms with Crippen LogP contribution in [0.25, 0.3) is 0 Å². The van der Waals surface area contributed by atoms with Gasteiger partial charge in [0.05, 0.1) is 7.11 Å². The quantitative estimate of drug-likeness (QED) is 0.841. The first-order chi connectivity index (χ1) is 12.1. The molecular formula is C17H18FN5O2. The lowest BCUT2D eigenvalue weighted by Crippen LogP contribution is -2.18. The lowest BCUT2D eigenvalue weighted by Gasteiger charge is -2.10. The number of rotatable bonds is 5. The molecule has 1 aromatic heterocycles. The van der Waals surface area contributed by atoms with Gasteiger partial charge in [-0.05, 0) is 24.5 Å². The Balaban J connectivity index is 1.77. The summed E-state index contributed by atoms with van der Waals surface area (Å²) < 4.78 is 21.0. The van der Waals surface area contributed by atoms with E-state index in [-0.39, 0.29) is 17.5 Å². The number of nitriles is 1. The Kier molecular flexibility index (Phi) is 4.84. The van der Waals surface area contributed by atoms with Gasteiger partial charge in [-0.2, -0.15) is 9.65 Å². The minimum atomic E-state index is -0.656. The number of hydrogen-bond acceptors (Lipinski definition) is 5. The maximum absolute atomic E-state index is 14.7. The van der Waals surface area contributed by atoms with Crippen LogP contribution >= 0.6 is 0 Å². The van der Waals surface area contributed by atoms with Crippen molar-refractivity contribution in [3.8, 4) is 12.1 Å². The molecular weight excluding hydrogens is 325 g/mol. The van der Waals surface area contributed by atoms with E-state index in [1.807, 2.05) is 0 Å². The van der Waals surface area contributed by atoms with E-state index in [1.54, 1.807) is 35.2 Å². The number of carbonyl (C=O) groups excluding carboxylic acids is 1. The van der Waals surface area contributed by atoms with Crippen molar-refractivity contribution in [2.75, 3.05) is 25.5 Å². The van der Waals surface area contributed by atoms with E-state index in [0.717, 1.165) is 6.42 Å². The van der Waals surface area contributed by atoms with Crippen molar-refractivity contribution in [3.05, 3.63) is 41.8 Å². The van der Waals surface area contributed by atoms with Crippen molar-refractivity contribution in [1.29, 1.82) is 5.26 Å². The van der Waals surface area contributed by atoms with Crippen LogP contribution in [0.2, 0.25) is 0 Å². The summed E-state index contributed by atoms with van der Waals surface area (Å²) in [6, 6.07) is 8.53. The number of halogens is 1. The SMILES string of the molecule is COc1nn(C[C@@H]2CCN(C#N)C2)c(F)c1NC(=O)c1ccccc1. The zero-order valence-electron chi connectivity index (χ0n) is 13.8. The Morgan fingerprint density at radius 2 is 2.24 bits per heavy atom. The minimum absolute atomic E-state index is 0.0249. The maximum atomic E-state index is 14.7. The number of ether oxygens (including phenoxy) is 1. The van der Waals surface area contributed by atoms with Crippen LogP contribution in [0.4, 0.5) is 10.1 Å². The molecule has 0 unspecified atom stereocenters. The van der Waals surface area contributed by atoms with E-state index < -0.39 is 11.9 Å². The first-order valence-corrected chi connectivity index (χ1v) is 7.93. The number of likely N-dealkylation sites (tertiary alicyclic amines) is 1. The van der Waals surface area contributed by atoms with Crippen molar-refractivity contribution in [2.45, 2.75) is 13.0 Å². The third kappa shape index (κ3) is 3.55. The molecule has 3 rings (SSSR count). The number of amides is 1. The van der Waals surface area contributed by atoms with Gasteiger partial charge in [0.25, 0.3) is 11.8 Å². The molecule has 1 aliphatic heterocycles. The summed E-state index contributed by atoms with van der Waals surface area (Å²) in [7, 11) is 1.37. The lowest BCUT2D eigenvalue weighted by atomic mass is 10.1. The first-order valence-electron chi connectivity index (χ1n) is 7.93. The molecule has 130 valence electrons. The predicted octanol–water partition coefficient (Wildman–Crippen LogP) is 2.09. The first kappa shape index (κ1) is 16.8. The smallest absolute Gasteiger partial charge is 0.259 e. The maximum Gasteiger partial charge on any atom is 0.259 e. The van der Waals surface area contributed by atoms with E-state index >= 15 is 0 Å². The van der Waals surface area contributed by atoms with Crippen LogP contribution in [-0.2, 0) is 6.54 Å². The zero-order chi connectivity index (χ0) is 17.8. The van der Waals surface area contributed by atoms with Crippen molar-refractivity contribution < 1.29 is 13.9 Å². The highest BCUT2D eigenvalue weighted by Crippen LogP contribution is 2.28. The Morgan fingerprint density at radius 1 is 1.48 bits per heavy atom. The molecule has 8 heteroatoms. The van der Waals surface area contributed by atoms with Gasteiger partial charge in [-0.1, -0.05) is 18.2 Å². The molecule has 1 aliphatic rings. The predicted molar refractivity (Wildman–Crippen MR) is 88.4 cm³/mol. The summed E-state index contributed by atoms with van der Waals surface area (Å²) in [4.78, 5) is 13.9. The highest BCUT2D eigenvalue weighted by atomic mass is 19.1. The summed E-state index contributed by atoms with van der Waals surface area (Å²) in [5.41, 5.74) is 0.337. The number of aromatic nitrogens is 2. The monoisotopic (exact) mass is 343 g/mol. The molecule has 1 N–H and O–H groups in total. The van der Waals surface area contributed by atoms with E-state index in [0.29, 0.717) is 25.2 Å². The van der Waals surface area contributed by atoms with Gasteiger partial charge in [-0.25, -0.2) is 4.68 Å². The molecule has 0 saturated carbocycles. The largest absolute Gasteiger partial charge is 0.478 e. The van der Waals surface area contributed by atoms with E-state index in [9.17, 15) is 9.18 Å². The van der Waals surface area contributed by atoms with Crippen LogP contribution in [0.3, 0.4) is 0 Å². The van der Waals surface area contributed by atoms with E-state index in [4.69, 9.17) is 10.00 Å². The second-order valence-corrected chi connectivity index (χ2v) is 5.88. The Hall–Kier alpha value is -3.08. The number of anilines is 1. The van der Waals surface area contributed by atoms with Crippen molar-refractivity contribution >= 4 is 11.6 Å². The fourth-order valence-electron chi connectivity index (χ4n) is 2.88. The van der Waals surface area contributed by atoms with Crippen LogP contribution in [0, 0.1) is 23.3 Å². The molecule has 1 saturated heterocycles. The van der Waals surface area contributed by atoms with Crippen LogP contribution in [0.5, 0.6) is 5.88 Å². The average molecular weight is 343 g/mol. The van der Waals surface area contributed by atoms with Crippen LogP contribution < -0.4 is 10.1 Å². The number of carbonyl (C=O) groups is 1. The van der Waals surface area contributed by atoms with Gasteiger partial charge in [-0.3, -0.25) is 4.79 Å². The fraction of sp³-hybridized carbons (Fsp3) is 0.353. The molecule has 0 bridgehead atoms. The number of hydrogen-bond donors (Lipinski definition) is 1. The van der Waals surface area contributed by atoms with Crippen LogP contribution in [0.15, 0.2) is 30.3 Å². The topological polar surface area (TPSA) is 83.2 Å². The van der Waals surface area contributed by atoms with E-state index in [2.05, 4.69) is 16.6 Å². The summed E-state index contributed by atoms with van der Waals surface area (Å²) in [6.07, 6.45) is 2.89. The zero-order valence-corrected chi connectivity index (χ0v) is 13.8. The standard InChI is InChI=1S/C17H18FN5O2/c1-25-17-14(20-16(24)13-5-3-2-4-6-13)15(18)23(21-17)10-12-7-8-22(9-12)11-19/h2-6,12H,7-10H2,1H3,(H,20,24)/t12-/m1/s1. The van der Waals surface area contributed by atoms with Gasteiger partial charge in [0.15, 0.2) is 11.9 Å². The summed E-state index contributed by atoms with van der Waals surface area (Å²) in [5, 5.41) is 15.5. The molecule has 1 atom stereocenters. The van der Waals surface area contributed by atoms with E-state index in [1.165, 1.54) is 11.8 Å². The summed E-state index contributed by atoms with van der Waals surface area (Å²) in [6.45, 7) is 1.56. The van der Waals surface area contributed by atoms with Crippen molar-refractivity contribution in [1.82, 2.24) is 14.7 Å². The van der Waals surface area contributed by atoms with Gasteiger partial charge in [0.1, 0.15) is 0 Å². The Labute approximate surface area is 144 Å². The highest BCUT2D eigenvalue weighted by Gasteiger charge is 2.26. The molecule has 7 nitrogen and oxygen atoms in total. The molecule has 2 heterocycles. The molecule has 1 aromatic carbocycles. The normalized spacial score (nSPS) is 16.5. The van der Waals surface area contributed by atoms with Crippen molar-refractivity contribution in [3.63, 3.8) is 0 Å². The van der Waals surface area contributed by atoms with Gasteiger partial charge in [0.2, 0.25) is 5.95 Å². The summed E-state index contributed by atoms with van der Waals surface area (Å²) in [5.74, 6) is -0.946. The average Bonchev–Trinajstić information content (AvgIpc) is 3.22. The van der Waals surface area contributed by atoms with Gasteiger partial charge in [0, 0.05) is 25.2 Å². The summed E-state index contributed by atoms with van der Waals surface area (Å²) >= 11 is 0. The van der Waals surface area contributed by atoms with Crippen LogP contribution in [0.1, 0.15) is 16.8 Å². The number of nitrogens with one attached hydrogen (secondary N) is 1. The third-order valence-electron chi connectivity index (χ3n) is 4.18. The van der Waals surface area contributed by atoms with Gasteiger partial charge < -0.3 is 15.0 Å². The number of benzene rings is 1. The highest BCUT2D eigenvalue weighted by molar-refractivity contribution is 6.04. The molecule has 0 spiro atoms. The molecule has 1 fully saturated rings. The molecule has 2 aromatic rings. The third-order valence-corrected chi connectivity index (χ3v) is 4.18. The Morgan fingerprint density at radius 3 is 2.88 bits per heavy atom. The number of nitrogens with zero attached hydrogens (tertiary/aromatic N) is 4. The minimum Gasteiger partial charge on any atom is -0.478 e. The molecule has 0 aliphatic carbocycles. The second kappa shape index (κ2) is 7.21. The van der Waals surface area contributed by atoms with Crippen LogP contribution in [-0.4, -0.2) is 40.8 Å². The van der Waals surface area contributed by atoms with Gasteiger partial charge in [-0.15, -0.1) is 5.10 Å². The second-order valence-electron chi connectivity index (χ2n) is 5.88. The molecule has 25 heavy (non-hydrogen) atoms. The number of methoxy groups -OCH3 is 1. The van der Waals surface area contributed by atoms with Gasteiger partial charge >= 0.3 is 0 Å². The molecule has 0 radical (unpaired) electrons. The fourth-order valence-corrected chi connectivity index (χ4v) is 2.88. The lowest BCUT2D eigenvalue weighted by molar-refractivity contribution is 0.102. The molecule has 1 amide bonds. The van der Waals surface area contributed by atoms with Crippen molar-refractivity contribution in [2.24, 2.45) is 5.92 Å². The Bertz CT molecular complexity index is 799.